The Morgan fingerprint density at radius 1 is 1.21 bits per heavy atom. The maximum atomic E-state index is 12.5. The minimum atomic E-state index is -0.326. The fraction of sp³-hybridized carbons (Fsp3) is 0.222. The average molecular weight is 407 g/mol. The molecule has 2 N–H and O–H groups in total. The van der Waals surface area contributed by atoms with Crippen LogP contribution in [0.5, 0.6) is 5.75 Å². The van der Waals surface area contributed by atoms with E-state index < -0.39 is 0 Å². The number of rotatable bonds is 4. The van der Waals surface area contributed by atoms with Gasteiger partial charge in [0.2, 0.25) is 0 Å². The van der Waals surface area contributed by atoms with Crippen molar-refractivity contribution in [2.24, 2.45) is 0 Å². The van der Waals surface area contributed by atoms with Gasteiger partial charge in [-0.15, -0.1) is 0 Å². The van der Waals surface area contributed by atoms with Gasteiger partial charge in [-0.25, -0.2) is 0 Å². The van der Waals surface area contributed by atoms with Gasteiger partial charge in [0.1, 0.15) is 5.75 Å². The van der Waals surface area contributed by atoms with Gasteiger partial charge in [-0.05, 0) is 48.0 Å². The first kappa shape index (κ1) is 18.4. The zero-order valence-corrected chi connectivity index (χ0v) is 16.1. The number of carbonyl (C=O) groups excluding carboxylic acids is 1. The number of carbonyl (C=O) groups is 1. The molecular formula is C18H19BrN2O2S. The Labute approximate surface area is 155 Å². The molecule has 0 heterocycles. The number of hydrogen-bond donors (Lipinski definition) is 2. The van der Waals surface area contributed by atoms with Gasteiger partial charge in [-0.1, -0.05) is 48.0 Å². The molecular weight excluding hydrogens is 388 g/mol. The average Bonchev–Trinajstić information content (AvgIpc) is 2.54. The van der Waals surface area contributed by atoms with Crippen molar-refractivity contribution >= 4 is 44.9 Å². The van der Waals surface area contributed by atoms with Gasteiger partial charge in [-0.2, -0.15) is 0 Å². The third-order valence-corrected chi connectivity index (χ3v) is 4.16. The summed E-state index contributed by atoms with van der Waals surface area (Å²) in [5, 5.41) is 6.03. The Bertz CT molecular complexity index is 762. The van der Waals surface area contributed by atoms with E-state index in [0.717, 1.165) is 15.7 Å². The number of amides is 1. The molecule has 1 amide bonds. The molecule has 0 fully saturated rings. The zero-order valence-electron chi connectivity index (χ0n) is 13.7. The lowest BCUT2D eigenvalue weighted by Crippen LogP contribution is -2.34. The molecule has 0 aliphatic carbocycles. The van der Waals surface area contributed by atoms with Crippen molar-refractivity contribution in [1.82, 2.24) is 5.32 Å². The molecule has 0 radical (unpaired) electrons. The van der Waals surface area contributed by atoms with Gasteiger partial charge in [0, 0.05) is 10.2 Å². The SMILES string of the molecule is COc1ccc(Br)cc1C(=O)NC(=S)Nc1ccccc1C(C)C. The molecule has 0 aliphatic rings. The zero-order chi connectivity index (χ0) is 17.7. The van der Waals surface area contributed by atoms with Crippen LogP contribution >= 0.6 is 28.1 Å². The quantitative estimate of drug-likeness (QED) is 0.721. The lowest BCUT2D eigenvalue weighted by Gasteiger charge is -2.16. The lowest BCUT2D eigenvalue weighted by molar-refractivity contribution is 0.0974. The highest BCUT2D eigenvalue weighted by atomic mass is 79.9. The predicted octanol–water partition coefficient (Wildman–Crippen LogP) is 4.71. The smallest absolute Gasteiger partial charge is 0.261 e. The summed E-state index contributed by atoms with van der Waals surface area (Å²) in [5.41, 5.74) is 2.43. The third kappa shape index (κ3) is 4.55. The third-order valence-electron chi connectivity index (χ3n) is 3.46. The molecule has 0 aliphatic heterocycles. The fourth-order valence-corrected chi connectivity index (χ4v) is 2.86. The normalized spacial score (nSPS) is 10.4. The first-order chi connectivity index (χ1) is 11.4. The van der Waals surface area contributed by atoms with Crippen molar-refractivity contribution in [1.29, 1.82) is 0 Å². The summed E-state index contributed by atoms with van der Waals surface area (Å²) in [5.74, 6) is 0.506. The highest BCUT2D eigenvalue weighted by molar-refractivity contribution is 9.10. The Kier molecular flexibility index (Phi) is 6.34. The largest absolute Gasteiger partial charge is 0.496 e. The maximum Gasteiger partial charge on any atom is 0.261 e. The Balaban J connectivity index is 2.13. The maximum absolute atomic E-state index is 12.5. The van der Waals surface area contributed by atoms with E-state index in [1.54, 1.807) is 12.1 Å². The molecule has 6 heteroatoms. The van der Waals surface area contributed by atoms with Gasteiger partial charge < -0.3 is 10.1 Å². The van der Waals surface area contributed by atoms with Gasteiger partial charge in [-0.3, -0.25) is 10.1 Å². The summed E-state index contributed by atoms with van der Waals surface area (Å²) >= 11 is 8.63. The number of benzene rings is 2. The summed E-state index contributed by atoms with van der Waals surface area (Å²) in [4.78, 5) is 12.5. The number of para-hydroxylation sites is 1. The number of anilines is 1. The second-order valence-corrected chi connectivity index (χ2v) is 6.82. The van der Waals surface area contributed by atoms with E-state index in [1.165, 1.54) is 7.11 Å². The van der Waals surface area contributed by atoms with Crippen LogP contribution in [0.25, 0.3) is 0 Å². The van der Waals surface area contributed by atoms with E-state index in [0.29, 0.717) is 17.2 Å². The van der Waals surface area contributed by atoms with Gasteiger partial charge in [0.15, 0.2) is 5.11 Å². The fourth-order valence-electron chi connectivity index (χ4n) is 2.30. The second-order valence-electron chi connectivity index (χ2n) is 5.49. The van der Waals surface area contributed by atoms with Gasteiger partial charge in [0.05, 0.1) is 12.7 Å². The molecule has 0 saturated carbocycles. The first-order valence-electron chi connectivity index (χ1n) is 7.47. The molecule has 126 valence electrons. The highest BCUT2D eigenvalue weighted by Crippen LogP contribution is 2.24. The van der Waals surface area contributed by atoms with Gasteiger partial charge >= 0.3 is 0 Å². The van der Waals surface area contributed by atoms with Crippen LogP contribution in [0.3, 0.4) is 0 Å². The number of thiocarbonyl (C=S) groups is 1. The minimum absolute atomic E-state index is 0.245. The molecule has 0 atom stereocenters. The number of halogens is 1. The summed E-state index contributed by atoms with van der Waals surface area (Å²) in [6.45, 7) is 4.21. The number of ether oxygens (including phenoxy) is 1. The van der Waals surface area contributed by atoms with Crippen LogP contribution in [0.1, 0.15) is 35.7 Å². The molecule has 2 rings (SSSR count). The Hall–Kier alpha value is -1.92. The van der Waals surface area contributed by atoms with E-state index in [2.05, 4.69) is 40.4 Å². The van der Waals surface area contributed by atoms with E-state index in [4.69, 9.17) is 17.0 Å². The molecule has 0 saturated heterocycles. The molecule has 0 spiro atoms. The standard InChI is InChI=1S/C18H19BrN2O2S/c1-11(2)13-6-4-5-7-15(13)20-18(24)21-17(22)14-10-12(19)8-9-16(14)23-3/h4-11H,1-3H3,(H2,20,21,22,24). The minimum Gasteiger partial charge on any atom is -0.496 e. The molecule has 0 aromatic heterocycles. The van der Waals surface area contributed by atoms with Gasteiger partial charge in [0.25, 0.3) is 5.91 Å². The second kappa shape index (κ2) is 8.26. The molecule has 0 unspecified atom stereocenters. The number of nitrogens with one attached hydrogen (secondary N) is 2. The van der Waals surface area contributed by atoms with Crippen molar-refractivity contribution in [3.8, 4) is 5.75 Å². The monoisotopic (exact) mass is 406 g/mol. The lowest BCUT2D eigenvalue weighted by atomic mass is 10.0. The van der Waals surface area contributed by atoms with Crippen LogP contribution in [0.4, 0.5) is 5.69 Å². The van der Waals surface area contributed by atoms with E-state index in [1.807, 2.05) is 30.3 Å². The van der Waals surface area contributed by atoms with Crippen LogP contribution < -0.4 is 15.4 Å². The summed E-state index contributed by atoms with van der Waals surface area (Å²) < 4.78 is 6.02. The Morgan fingerprint density at radius 3 is 2.58 bits per heavy atom. The summed E-state index contributed by atoms with van der Waals surface area (Å²) in [6.07, 6.45) is 0. The first-order valence-corrected chi connectivity index (χ1v) is 8.67. The highest BCUT2D eigenvalue weighted by Gasteiger charge is 2.15. The van der Waals surface area contributed by atoms with Crippen LogP contribution in [0.2, 0.25) is 0 Å². The topological polar surface area (TPSA) is 50.4 Å². The Morgan fingerprint density at radius 2 is 1.92 bits per heavy atom. The van der Waals surface area contributed by atoms with Crippen molar-refractivity contribution < 1.29 is 9.53 Å². The molecule has 4 nitrogen and oxygen atoms in total. The van der Waals surface area contributed by atoms with Crippen molar-refractivity contribution in [3.05, 3.63) is 58.1 Å². The molecule has 24 heavy (non-hydrogen) atoms. The summed E-state index contributed by atoms with van der Waals surface area (Å²) in [6, 6.07) is 13.1. The van der Waals surface area contributed by atoms with Crippen LogP contribution in [-0.4, -0.2) is 18.1 Å². The van der Waals surface area contributed by atoms with E-state index in [9.17, 15) is 4.79 Å². The van der Waals surface area contributed by atoms with Crippen LogP contribution in [0, 0.1) is 0 Å². The van der Waals surface area contributed by atoms with Crippen molar-refractivity contribution in [3.63, 3.8) is 0 Å². The van der Waals surface area contributed by atoms with E-state index >= 15 is 0 Å². The molecule has 2 aromatic rings. The predicted molar refractivity (Wildman–Crippen MR) is 105 cm³/mol. The van der Waals surface area contributed by atoms with Crippen molar-refractivity contribution in [2.75, 3.05) is 12.4 Å². The van der Waals surface area contributed by atoms with Crippen LogP contribution in [0.15, 0.2) is 46.9 Å². The van der Waals surface area contributed by atoms with Crippen molar-refractivity contribution in [2.45, 2.75) is 19.8 Å². The number of hydrogen-bond acceptors (Lipinski definition) is 3. The van der Waals surface area contributed by atoms with E-state index in [-0.39, 0.29) is 11.0 Å². The molecule has 2 aromatic carbocycles. The summed E-state index contributed by atoms with van der Waals surface area (Å²) in [7, 11) is 1.52. The molecule has 0 bridgehead atoms. The van der Waals surface area contributed by atoms with Crippen LogP contribution in [-0.2, 0) is 0 Å². The number of methoxy groups -OCH3 is 1.